The Bertz CT molecular complexity index is 1490. The lowest BCUT2D eigenvalue weighted by molar-refractivity contribution is -0.128. The average Bonchev–Trinajstić information content (AvgIpc) is 3.43. The molecule has 3 aliphatic heterocycles. The number of nitrogens with one attached hydrogen (secondary N) is 1. The maximum absolute atomic E-state index is 12.7. The highest BCUT2D eigenvalue weighted by Crippen LogP contribution is 2.45. The number of nitrogens with zero attached hydrogens (tertiary/aromatic N) is 1. The van der Waals surface area contributed by atoms with E-state index in [9.17, 15) is 9.90 Å². The van der Waals surface area contributed by atoms with Crippen LogP contribution in [0.1, 0.15) is 33.5 Å². The number of ether oxygens (including phenoxy) is 2. The van der Waals surface area contributed by atoms with Crippen LogP contribution in [0.15, 0.2) is 91.0 Å². The van der Waals surface area contributed by atoms with Gasteiger partial charge in [-0.15, -0.1) is 0 Å². The normalized spacial score (nSPS) is 22.1. The zero-order valence-electron chi connectivity index (χ0n) is 21.5. The molecule has 3 atom stereocenters. The van der Waals surface area contributed by atoms with Crippen molar-refractivity contribution in [3.63, 3.8) is 0 Å². The first-order valence-corrected chi connectivity index (χ1v) is 12.9. The van der Waals surface area contributed by atoms with E-state index in [1.54, 1.807) is 31.4 Å². The molecule has 2 fully saturated rings. The third-order valence-electron chi connectivity index (χ3n) is 7.42. The Kier molecular flexibility index (Phi) is 6.14. The third-order valence-corrected chi connectivity index (χ3v) is 7.42. The minimum atomic E-state index is -1.91. The summed E-state index contributed by atoms with van der Waals surface area (Å²) < 4.78 is 11.1. The molecule has 2 saturated heterocycles. The molecule has 7 rings (SSSR count). The summed E-state index contributed by atoms with van der Waals surface area (Å²) in [6.07, 6.45) is 1.49. The Hall–Kier alpha value is -4.13. The molecule has 0 radical (unpaired) electrons. The molecular formula is C32H30N2O4. The highest BCUT2D eigenvalue weighted by atomic mass is 16.7. The van der Waals surface area contributed by atoms with Crippen LogP contribution in [-0.4, -0.2) is 42.2 Å². The quantitative estimate of drug-likeness (QED) is 0.261. The molecule has 0 amide bonds. The van der Waals surface area contributed by atoms with E-state index in [0.29, 0.717) is 22.4 Å². The first-order chi connectivity index (χ1) is 18.5. The fourth-order valence-corrected chi connectivity index (χ4v) is 5.15. The van der Waals surface area contributed by atoms with Gasteiger partial charge in [-0.05, 0) is 60.4 Å². The van der Waals surface area contributed by atoms with Crippen molar-refractivity contribution in [1.82, 2.24) is 4.90 Å². The second kappa shape index (κ2) is 9.63. The number of cyclic esters (lactones) is 1. The van der Waals surface area contributed by atoms with E-state index >= 15 is 0 Å². The summed E-state index contributed by atoms with van der Waals surface area (Å²) in [6.45, 7) is 4.81. The van der Waals surface area contributed by atoms with E-state index in [1.165, 1.54) is 19.5 Å². The van der Waals surface area contributed by atoms with Gasteiger partial charge < -0.3 is 19.9 Å². The zero-order valence-corrected chi connectivity index (χ0v) is 21.5. The molecule has 3 aliphatic rings. The smallest absolute Gasteiger partial charge is 0.341 e. The topological polar surface area (TPSA) is 70.8 Å². The summed E-state index contributed by atoms with van der Waals surface area (Å²) in [5.74, 6) is -1.75. The summed E-state index contributed by atoms with van der Waals surface area (Å²) in [5.41, 5.74) is 5.51. The summed E-state index contributed by atoms with van der Waals surface area (Å²) in [7, 11) is 1.62. The number of esters is 1. The molecule has 4 aromatic carbocycles. The molecule has 6 heteroatoms. The number of aliphatic hydroxyl groups is 1. The Morgan fingerprint density at radius 3 is 2.42 bits per heavy atom. The second-order valence-corrected chi connectivity index (χ2v) is 9.97. The van der Waals surface area contributed by atoms with E-state index in [2.05, 4.69) is 10.2 Å². The van der Waals surface area contributed by atoms with Crippen LogP contribution in [0.2, 0.25) is 0 Å². The molecule has 0 aliphatic carbocycles. The third kappa shape index (κ3) is 4.42. The van der Waals surface area contributed by atoms with E-state index in [0.717, 1.165) is 34.1 Å². The molecule has 0 bridgehead atoms. The number of hydrogen-bond acceptors (Lipinski definition) is 6. The largest absolute Gasteiger partial charge is 0.495 e. The van der Waals surface area contributed by atoms with Crippen LogP contribution in [0.5, 0.6) is 5.75 Å². The van der Waals surface area contributed by atoms with Gasteiger partial charge in [0.25, 0.3) is 5.79 Å². The van der Waals surface area contributed by atoms with Crippen LogP contribution in [0, 0.1) is 6.92 Å². The van der Waals surface area contributed by atoms with Crippen molar-refractivity contribution in [2.24, 2.45) is 0 Å². The molecule has 0 spiro atoms. The van der Waals surface area contributed by atoms with Crippen LogP contribution in [-0.2, 0) is 10.5 Å². The van der Waals surface area contributed by atoms with E-state index < -0.39 is 11.8 Å². The first-order valence-electron chi connectivity index (χ1n) is 12.9. The SMILES string of the molecule is C1CN2CC12.COc1cc(C)ccc1Nc1cccc(C2(O)OC(=O)c3cccc(-c4ccccc4)c32)c1. The van der Waals surface area contributed by atoms with Crippen LogP contribution in [0.4, 0.5) is 11.4 Å². The van der Waals surface area contributed by atoms with Crippen LogP contribution >= 0.6 is 0 Å². The molecule has 0 aromatic heterocycles. The fourth-order valence-electron chi connectivity index (χ4n) is 5.15. The molecule has 2 N–H and O–H groups in total. The standard InChI is InChI=1S/C28H23NO4.C4H7N/c1-18-14-15-24(25(16-18)32-2)29-21-11-6-10-20(17-21)28(31)26-22(19-8-4-3-5-9-19)12-7-13-23(26)27(30)33-28;1-2-5-3-4(1)5/h3-17,29,31H,1-2H3;4H,1-3H2. The van der Waals surface area contributed by atoms with Gasteiger partial charge in [-0.1, -0.05) is 60.7 Å². The van der Waals surface area contributed by atoms with E-state index in [-0.39, 0.29) is 0 Å². The first kappa shape index (κ1) is 24.2. The predicted molar refractivity (Wildman–Crippen MR) is 148 cm³/mol. The number of aryl methyl sites for hydroxylation is 1. The number of benzene rings is 4. The minimum absolute atomic E-state index is 0.359. The summed E-state index contributed by atoms with van der Waals surface area (Å²) >= 11 is 0. The summed E-state index contributed by atoms with van der Waals surface area (Å²) in [4.78, 5) is 15.2. The van der Waals surface area contributed by atoms with E-state index in [4.69, 9.17) is 9.47 Å². The fraction of sp³-hybridized carbons (Fsp3) is 0.219. The molecule has 38 heavy (non-hydrogen) atoms. The molecule has 4 aromatic rings. The summed E-state index contributed by atoms with van der Waals surface area (Å²) in [5, 5.41) is 15.1. The van der Waals surface area contributed by atoms with Crippen molar-refractivity contribution in [2.45, 2.75) is 25.2 Å². The molecule has 3 heterocycles. The van der Waals surface area contributed by atoms with Crippen LogP contribution in [0.25, 0.3) is 11.1 Å². The van der Waals surface area contributed by atoms with E-state index in [1.807, 2.05) is 73.7 Å². The van der Waals surface area contributed by atoms with Crippen molar-refractivity contribution < 1.29 is 19.4 Å². The Balaban J connectivity index is 0.000000466. The highest BCUT2D eigenvalue weighted by molar-refractivity contribution is 5.98. The maximum atomic E-state index is 12.7. The van der Waals surface area contributed by atoms with Gasteiger partial charge >= 0.3 is 5.97 Å². The second-order valence-electron chi connectivity index (χ2n) is 9.97. The number of rotatable bonds is 5. The number of fused-ring (bicyclic) bond motifs is 2. The lowest BCUT2D eigenvalue weighted by atomic mass is 9.88. The number of carbonyl (C=O) groups excluding carboxylic acids is 1. The number of anilines is 2. The van der Waals surface area contributed by atoms with Gasteiger partial charge in [0.15, 0.2) is 0 Å². The minimum Gasteiger partial charge on any atom is -0.495 e. The average molecular weight is 507 g/mol. The Morgan fingerprint density at radius 2 is 1.74 bits per heavy atom. The Labute approximate surface area is 222 Å². The molecule has 6 nitrogen and oxygen atoms in total. The van der Waals surface area contributed by atoms with Crippen LogP contribution < -0.4 is 10.1 Å². The van der Waals surface area contributed by atoms with Gasteiger partial charge in [0.05, 0.1) is 23.9 Å². The van der Waals surface area contributed by atoms with Gasteiger partial charge in [0, 0.05) is 30.4 Å². The van der Waals surface area contributed by atoms with Gasteiger partial charge in [-0.3, -0.25) is 4.90 Å². The van der Waals surface area contributed by atoms with Gasteiger partial charge in [0.2, 0.25) is 0 Å². The lowest BCUT2D eigenvalue weighted by Crippen LogP contribution is -2.28. The molecule has 3 unspecified atom stereocenters. The zero-order chi connectivity index (χ0) is 26.3. The number of hydrogen-bond donors (Lipinski definition) is 2. The molecular weight excluding hydrogens is 476 g/mol. The lowest BCUT2D eigenvalue weighted by Gasteiger charge is -2.25. The van der Waals surface area contributed by atoms with Crippen molar-refractivity contribution in [1.29, 1.82) is 0 Å². The van der Waals surface area contributed by atoms with Crippen molar-refractivity contribution in [2.75, 3.05) is 25.5 Å². The highest BCUT2D eigenvalue weighted by Gasteiger charge is 2.47. The van der Waals surface area contributed by atoms with Crippen LogP contribution in [0.3, 0.4) is 0 Å². The monoisotopic (exact) mass is 506 g/mol. The van der Waals surface area contributed by atoms with Gasteiger partial charge in [-0.2, -0.15) is 0 Å². The van der Waals surface area contributed by atoms with Crippen molar-refractivity contribution >= 4 is 17.3 Å². The van der Waals surface area contributed by atoms with Crippen molar-refractivity contribution in [3.8, 4) is 16.9 Å². The number of carbonyl (C=O) groups is 1. The molecule has 0 saturated carbocycles. The Morgan fingerprint density at radius 1 is 0.974 bits per heavy atom. The van der Waals surface area contributed by atoms with Crippen molar-refractivity contribution in [3.05, 3.63) is 113 Å². The molecule has 192 valence electrons. The summed E-state index contributed by atoms with van der Waals surface area (Å²) in [6, 6.07) is 29.2. The number of methoxy groups -OCH3 is 1. The predicted octanol–water partition coefficient (Wildman–Crippen LogP) is 5.85. The van der Waals surface area contributed by atoms with Gasteiger partial charge in [-0.25, -0.2) is 4.79 Å². The van der Waals surface area contributed by atoms with Gasteiger partial charge in [0.1, 0.15) is 5.75 Å². The maximum Gasteiger partial charge on any atom is 0.341 e.